The van der Waals surface area contributed by atoms with E-state index in [1.807, 2.05) is 0 Å². The van der Waals surface area contributed by atoms with Crippen molar-refractivity contribution < 1.29 is 4.79 Å². The van der Waals surface area contributed by atoms with Gasteiger partial charge in [0.1, 0.15) is 6.54 Å². The van der Waals surface area contributed by atoms with Crippen molar-refractivity contribution in [2.75, 3.05) is 26.4 Å². The molecule has 2 atom stereocenters. The molecule has 90 valence electrons. The largest absolute Gasteiger partial charge is 0.362 e. The van der Waals surface area contributed by atoms with Gasteiger partial charge in [0.05, 0.1) is 0 Å². The van der Waals surface area contributed by atoms with Gasteiger partial charge in [-0.15, -0.1) is 0 Å². The maximum absolute atomic E-state index is 11.4. The summed E-state index contributed by atoms with van der Waals surface area (Å²) in [5.41, 5.74) is 0. The van der Waals surface area contributed by atoms with Gasteiger partial charge >= 0.3 is 0 Å². The molecule has 5 heteroatoms. The zero-order valence-electron chi connectivity index (χ0n) is 9.90. The van der Waals surface area contributed by atoms with E-state index in [0.29, 0.717) is 6.04 Å². The molecule has 1 heterocycles. The second kappa shape index (κ2) is 5.08. The Morgan fingerprint density at radius 1 is 1.56 bits per heavy atom. The van der Waals surface area contributed by atoms with Crippen LogP contribution in [-0.4, -0.2) is 48.4 Å². The maximum Gasteiger partial charge on any atom is 0.243 e. The van der Waals surface area contributed by atoms with Crippen molar-refractivity contribution in [3.63, 3.8) is 0 Å². The zero-order valence-corrected chi connectivity index (χ0v) is 10.7. The van der Waals surface area contributed by atoms with Crippen molar-refractivity contribution in [1.82, 2.24) is 10.2 Å². The molecule has 0 radical (unpaired) electrons. The number of amidine groups is 1. The molecule has 2 fully saturated rings. The minimum absolute atomic E-state index is 0.0587. The van der Waals surface area contributed by atoms with Gasteiger partial charge in [0.2, 0.25) is 5.91 Å². The van der Waals surface area contributed by atoms with Crippen LogP contribution in [0.1, 0.15) is 19.3 Å². The zero-order chi connectivity index (χ0) is 11.5. The first-order chi connectivity index (χ1) is 7.66. The lowest BCUT2D eigenvalue weighted by Crippen LogP contribution is -2.42. The second-order valence-corrected chi connectivity index (χ2v) is 5.67. The Morgan fingerprint density at radius 2 is 2.38 bits per heavy atom. The molecule has 2 rings (SSSR count). The summed E-state index contributed by atoms with van der Waals surface area (Å²) in [6.07, 6.45) is 3.92. The van der Waals surface area contributed by atoms with Crippen LogP contribution in [0.4, 0.5) is 0 Å². The lowest BCUT2D eigenvalue weighted by Gasteiger charge is -2.28. The molecule has 2 unspecified atom stereocenters. The number of amides is 1. The van der Waals surface area contributed by atoms with Gasteiger partial charge in [0, 0.05) is 25.9 Å². The molecule has 0 aromatic rings. The van der Waals surface area contributed by atoms with E-state index in [4.69, 9.17) is 0 Å². The standard InChI is InChI=1S/C11H19N3OS/c1-14(2)10(15)6-12-11-13-9-5-3-4-8(9)7-16-11/h8-9H,3-7H2,1-2H3,(H,12,13). The van der Waals surface area contributed by atoms with Crippen molar-refractivity contribution in [1.29, 1.82) is 0 Å². The van der Waals surface area contributed by atoms with Gasteiger partial charge in [0.15, 0.2) is 5.17 Å². The number of nitrogens with one attached hydrogen (secondary N) is 1. The Kier molecular flexibility index (Phi) is 3.74. The summed E-state index contributed by atoms with van der Waals surface area (Å²) in [4.78, 5) is 17.3. The van der Waals surface area contributed by atoms with Crippen LogP contribution in [0.25, 0.3) is 0 Å². The molecular formula is C11H19N3OS. The van der Waals surface area contributed by atoms with E-state index in [1.54, 1.807) is 30.8 Å². The van der Waals surface area contributed by atoms with E-state index in [-0.39, 0.29) is 12.5 Å². The number of carbonyl (C=O) groups is 1. The Labute approximate surface area is 101 Å². The number of fused-ring (bicyclic) bond motifs is 1. The number of thioether (sulfide) groups is 1. The topological polar surface area (TPSA) is 44.7 Å². The molecule has 16 heavy (non-hydrogen) atoms. The highest BCUT2D eigenvalue weighted by Crippen LogP contribution is 2.32. The molecule has 4 nitrogen and oxygen atoms in total. The van der Waals surface area contributed by atoms with Crippen LogP contribution in [0.15, 0.2) is 4.99 Å². The molecular weight excluding hydrogens is 222 g/mol. The fourth-order valence-electron chi connectivity index (χ4n) is 2.18. The maximum atomic E-state index is 11.4. The number of hydrogen-bond donors (Lipinski definition) is 1. The van der Waals surface area contributed by atoms with Crippen LogP contribution in [-0.2, 0) is 4.79 Å². The summed E-state index contributed by atoms with van der Waals surface area (Å²) in [7, 11) is 3.52. The van der Waals surface area contributed by atoms with Gasteiger partial charge in [-0.25, -0.2) is 0 Å². The summed E-state index contributed by atoms with van der Waals surface area (Å²) in [6.45, 7) is 0.264. The van der Waals surface area contributed by atoms with Crippen LogP contribution in [0, 0.1) is 5.92 Å². The van der Waals surface area contributed by atoms with E-state index in [0.717, 1.165) is 16.8 Å². The molecule has 2 aliphatic rings. The molecule has 1 saturated carbocycles. The van der Waals surface area contributed by atoms with Gasteiger partial charge in [0.25, 0.3) is 0 Å². The third kappa shape index (κ3) is 2.70. The van der Waals surface area contributed by atoms with Crippen LogP contribution >= 0.6 is 11.8 Å². The smallest absolute Gasteiger partial charge is 0.243 e. The highest BCUT2D eigenvalue weighted by atomic mass is 32.2. The Bertz CT molecular complexity index is 304. The number of hydrogen-bond acceptors (Lipinski definition) is 3. The highest BCUT2D eigenvalue weighted by Gasteiger charge is 2.31. The summed E-state index contributed by atoms with van der Waals surface area (Å²) in [5, 5.41) is 4.41. The van der Waals surface area contributed by atoms with Gasteiger partial charge in [-0.3, -0.25) is 9.79 Å². The molecule has 0 spiro atoms. The predicted molar refractivity (Wildman–Crippen MR) is 67.7 cm³/mol. The molecule has 1 aliphatic heterocycles. The number of aliphatic imine (C=N–C) groups is 1. The van der Waals surface area contributed by atoms with Gasteiger partial charge in [-0.1, -0.05) is 18.2 Å². The van der Waals surface area contributed by atoms with Gasteiger partial charge < -0.3 is 10.2 Å². The second-order valence-electron chi connectivity index (χ2n) is 4.66. The minimum Gasteiger partial charge on any atom is -0.362 e. The normalized spacial score (nSPS) is 31.0. The number of likely N-dealkylation sites (N-methyl/N-ethyl adjacent to an activating group) is 1. The third-order valence-corrected chi connectivity index (χ3v) is 4.37. The Balaban J connectivity index is 1.86. The first kappa shape index (κ1) is 11.8. The van der Waals surface area contributed by atoms with E-state index >= 15 is 0 Å². The summed E-state index contributed by atoms with van der Waals surface area (Å²) in [6, 6.07) is 0.606. The number of rotatable bonds is 2. The molecule has 1 N–H and O–H groups in total. The van der Waals surface area contributed by atoms with Crippen molar-refractivity contribution in [2.45, 2.75) is 25.3 Å². The van der Waals surface area contributed by atoms with Crippen molar-refractivity contribution >= 4 is 22.8 Å². The number of nitrogens with zero attached hydrogens (tertiary/aromatic N) is 2. The quantitative estimate of drug-likeness (QED) is 0.782. The van der Waals surface area contributed by atoms with Gasteiger partial charge in [-0.05, 0) is 18.8 Å². The van der Waals surface area contributed by atoms with Crippen LogP contribution in [0.2, 0.25) is 0 Å². The van der Waals surface area contributed by atoms with E-state index in [2.05, 4.69) is 10.3 Å². The van der Waals surface area contributed by atoms with Crippen LogP contribution in [0.5, 0.6) is 0 Å². The lowest BCUT2D eigenvalue weighted by molar-refractivity contribution is -0.127. The van der Waals surface area contributed by atoms with Crippen LogP contribution < -0.4 is 5.32 Å². The molecule has 1 saturated heterocycles. The van der Waals surface area contributed by atoms with Crippen molar-refractivity contribution in [3.05, 3.63) is 0 Å². The molecule has 0 aromatic heterocycles. The lowest BCUT2D eigenvalue weighted by atomic mass is 10.1. The highest BCUT2D eigenvalue weighted by molar-refractivity contribution is 8.13. The van der Waals surface area contributed by atoms with E-state index in [1.165, 1.54) is 19.3 Å². The van der Waals surface area contributed by atoms with E-state index < -0.39 is 0 Å². The first-order valence-corrected chi connectivity index (χ1v) is 6.79. The van der Waals surface area contributed by atoms with Crippen LogP contribution in [0.3, 0.4) is 0 Å². The Hall–Kier alpha value is -0.710. The molecule has 0 aromatic carbocycles. The molecule has 0 bridgehead atoms. The van der Waals surface area contributed by atoms with Crippen molar-refractivity contribution in [2.24, 2.45) is 10.9 Å². The monoisotopic (exact) mass is 241 g/mol. The van der Waals surface area contributed by atoms with Crippen molar-refractivity contribution in [3.8, 4) is 0 Å². The minimum atomic E-state index is 0.0587. The Morgan fingerprint density at radius 3 is 3.12 bits per heavy atom. The molecule has 1 amide bonds. The summed E-state index contributed by atoms with van der Waals surface area (Å²) < 4.78 is 0. The average molecular weight is 241 g/mol. The fourth-order valence-corrected chi connectivity index (χ4v) is 3.35. The predicted octanol–water partition coefficient (Wildman–Crippen LogP) is 0.936. The summed E-state index contributed by atoms with van der Waals surface area (Å²) in [5.74, 6) is 2.03. The summed E-state index contributed by atoms with van der Waals surface area (Å²) >= 11 is 1.76. The van der Waals surface area contributed by atoms with E-state index in [9.17, 15) is 4.79 Å². The SMILES string of the molecule is CN(C)C(=O)CN=C1NC2CCCC2CS1. The number of carbonyl (C=O) groups excluding carboxylic acids is 1. The van der Waals surface area contributed by atoms with Gasteiger partial charge in [-0.2, -0.15) is 0 Å². The third-order valence-electron chi connectivity index (χ3n) is 3.26. The molecule has 1 aliphatic carbocycles. The fraction of sp³-hybridized carbons (Fsp3) is 0.818. The first-order valence-electron chi connectivity index (χ1n) is 5.81. The average Bonchev–Trinajstić information content (AvgIpc) is 2.72.